The fourth-order valence-corrected chi connectivity index (χ4v) is 3.90. The SMILES string of the molecule is CC1SCCN(c2cc3c(cc2N)CC(=O)N3)C1C. The number of benzene rings is 1. The highest BCUT2D eigenvalue weighted by atomic mass is 32.2. The molecule has 0 aromatic heterocycles. The highest BCUT2D eigenvalue weighted by Crippen LogP contribution is 2.37. The number of carbonyl (C=O) groups is 1. The lowest BCUT2D eigenvalue weighted by Crippen LogP contribution is -2.45. The van der Waals surface area contributed by atoms with Crippen molar-refractivity contribution >= 4 is 34.7 Å². The minimum absolute atomic E-state index is 0.0576. The fourth-order valence-electron chi connectivity index (χ4n) is 2.80. The van der Waals surface area contributed by atoms with Gasteiger partial charge in [-0.05, 0) is 24.6 Å². The Bertz CT molecular complexity index is 532. The van der Waals surface area contributed by atoms with E-state index >= 15 is 0 Å². The molecule has 3 rings (SSSR count). The molecule has 2 atom stereocenters. The van der Waals surface area contributed by atoms with Gasteiger partial charge in [0.15, 0.2) is 0 Å². The molecule has 1 saturated heterocycles. The van der Waals surface area contributed by atoms with Crippen molar-refractivity contribution in [3.05, 3.63) is 17.7 Å². The Morgan fingerprint density at radius 3 is 3.00 bits per heavy atom. The maximum Gasteiger partial charge on any atom is 0.228 e. The van der Waals surface area contributed by atoms with Crippen LogP contribution in [0, 0.1) is 0 Å². The molecule has 0 radical (unpaired) electrons. The summed E-state index contributed by atoms with van der Waals surface area (Å²) in [6.07, 6.45) is 0.446. The quantitative estimate of drug-likeness (QED) is 0.772. The molecule has 2 aliphatic rings. The molecule has 3 N–H and O–H groups in total. The average Bonchev–Trinajstić information content (AvgIpc) is 2.71. The highest BCUT2D eigenvalue weighted by Gasteiger charge is 2.28. The molecule has 2 unspecified atom stereocenters. The van der Waals surface area contributed by atoms with Crippen molar-refractivity contribution in [1.29, 1.82) is 0 Å². The van der Waals surface area contributed by atoms with Crippen molar-refractivity contribution in [3.63, 3.8) is 0 Å². The number of nitrogens with zero attached hydrogens (tertiary/aromatic N) is 1. The van der Waals surface area contributed by atoms with Crippen LogP contribution in [0.2, 0.25) is 0 Å². The molecule has 102 valence electrons. The van der Waals surface area contributed by atoms with Gasteiger partial charge >= 0.3 is 0 Å². The Balaban J connectivity index is 1.97. The van der Waals surface area contributed by atoms with E-state index in [1.54, 1.807) is 0 Å². The van der Waals surface area contributed by atoms with Gasteiger partial charge in [-0.2, -0.15) is 11.8 Å². The van der Waals surface area contributed by atoms with Gasteiger partial charge in [0.25, 0.3) is 0 Å². The van der Waals surface area contributed by atoms with E-state index in [-0.39, 0.29) is 5.91 Å². The second-order valence-corrected chi connectivity index (χ2v) is 6.79. The second-order valence-electron chi connectivity index (χ2n) is 5.30. The van der Waals surface area contributed by atoms with Gasteiger partial charge in [-0.1, -0.05) is 6.92 Å². The zero-order valence-corrected chi connectivity index (χ0v) is 12.1. The van der Waals surface area contributed by atoms with Crippen LogP contribution in [0.15, 0.2) is 12.1 Å². The van der Waals surface area contributed by atoms with Crippen LogP contribution in [-0.4, -0.2) is 29.5 Å². The van der Waals surface area contributed by atoms with E-state index in [2.05, 4.69) is 24.1 Å². The van der Waals surface area contributed by atoms with E-state index in [1.807, 2.05) is 23.9 Å². The van der Waals surface area contributed by atoms with Crippen molar-refractivity contribution in [1.82, 2.24) is 0 Å². The minimum Gasteiger partial charge on any atom is -0.397 e. The summed E-state index contributed by atoms with van der Waals surface area (Å²) in [4.78, 5) is 13.8. The van der Waals surface area contributed by atoms with Gasteiger partial charge in [-0.15, -0.1) is 0 Å². The molecule has 5 heteroatoms. The average molecular weight is 277 g/mol. The first-order valence-corrected chi connectivity index (χ1v) is 7.71. The van der Waals surface area contributed by atoms with Crippen molar-refractivity contribution in [2.45, 2.75) is 31.6 Å². The van der Waals surface area contributed by atoms with Crippen molar-refractivity contribution in [2.75, 3.05) is 28.2 Å². The number of carbonyl (C=O) groups excluding carboxylic acids is 1. The van der Waals surface area contributed by atoms with Crippen LogP contribution in [-0.2, 0) is 11.2 Å². The van der Waals surface area contributed by atoms with Crippen LogP contribution in [0.4, 0.5) is 17.1 Å². The lowest BCUT2D eigenvalue weighted by molar-refractivity contribution is -0.115. The molecule has 19 heavy (non-hydrogen) atoms. The number of amides is 1. The number of fused-ring (bicyclic) bond motifs is 1. The van der Waals surface area contributed by atoms with Crippen LogP contribution >= 0.6 is 11.8 Å². The lowest BCUT2D eigenvalue weighted by atomic mass is 10.1. The van der Waals surface area contributed by atoms with Gasteiger partial charge < -0.3 is 16.0 Å². The zero-order chi connectivity index (χ0) is 13.6. The Kier molecular flexibility index (Phi) is 3.09. The number of hydrogen-bond donors (Lipinski definition) is 2. The van der Waals surface area contributed by atoms with E-state index in [9.17, 15) is 4.79 Å². The van der Waals surface area contributed by atoms with Gasteiger partial charge in [-0.25, -0.2) is 0 Å². The summed E-state index contributed by atoms with van der Waals surface area (Å²) in [6.45, 7) is 5.50. The number of hydrogen-bond acceptors (Lipinski definition) is 4. The van der Waals surface area contributed by atoms with Gasteiger partial charge in [0.2, 0.25) is 5.91 Å². The summed E-state index contributed by atoms with van der Waals surface area (Å²) in [7, 11) is 0. The molecule has 2 aliphatic heterocycles. The molecule has 1 aromatic rings. The largest absolute Gasteiger partial charge is 0.397 e. The molecule has 1 fully saturated rings. The second kappa shape index (κ2) is 4.63. The van der Waals surface area contributed by atoms with E-state index < -0.39 is 0 Å². The monoisotopic (exact) mass is 277 g/mol. The van der Waals surface area contributed by atoms with Crippen molar-refractivity contribution in [3.8, 4) is 0 Å². The first-order valence-electron chi connectivity index (χ1n) is 6.67. The van der Waals surface area contributed by atoms with Crippen LogP contribution in [0.25, 0.3) is 0 Å². The Hall–Kier alpha value is -1.36. The number of nitrogen functional groups attached to an aromatic ring is 1. The van der Waals surface area contributed by atoms with E-state index in [1.165, 1.54) is 0 Å². The number of nitrogens with one attached hydrogen (secondary N) is 1. The molecule has 1 amide bonds. The van der Waals surface area contributed by atoms with Gasteiger partial charge in [0, 0.05) is 29.3 Å². The minimum atomic E-state index is 0.0576. The normalized spacial score (nSPS) is 26.2. The first-order chi connectivity index (χ1) is 9.06. The molecular formula is C14H19N3OS. The van der Waals surface area contributed by atoms with Gasteiger partial charge in [0.1, 0.15) is 0 Å². The van der Waals surface area contributed by atoms with E-state index in [0.717, 1.165) is 34.9 Å². The van der Waals surface area contributed by atoms with Crippen LogP contribution in [0.1, 0.15) is 19.4 Å². The third-order valence-electron chi connectivity index (χ3n) is 4.07. The summed E-state index contributed by atoms with van der Waals surface area (Å²) in [5.41, 5.74) is 9.96. The smallest absolute Gasteiger partial charge is 0.228 e. The third-order valence-corrected chi connectivity index (χ3v) is 5.41. The summed E-state index contributed by atoms with van der Waals surface area (Å²) < 4.78 is 0. The summed E-state index contributed by atoms with van der Waals surface area (Å²) in [6, 6.07) is 4.44. The predicted octanol–water partition coefficient (Wildman–Crippen LogP) is 2.09. The van der Waals surface area contributed by atoms with Crippen molar-refractivity contribution in [2.24, 2.45) is 0 Å². The maximum absolute atomic E-state index is 11.4. The first kappa shape index (κ1) is 12.7. The topological polar surface area (TPSA) is 58.4 Å². The van der Waals surface area contributed by atoms with Gasteiger partial charge in [-0.3, -0.25) is 4.79 Å². The molecule has 0 saturated carbocycles. The molecule has 4 nitrogen and oxygen atoms in total. The number of anilines is 3. The van der Waals surface area contributed by atoms with Crippen LogP contribution in [0.5, 0.6) is 0 Å². The predicted molar refractivity (Wildman–Crippen MR) is 81.9 cm³/mol. The molecular weight excluding hydrogens is 258 g/mol. The van der Waals surface area contributed by atoms with Crippen molar-refractivity contribution < 1.29 is 4.79 Å². The number of thioether (sulfide) groups is 1. The molecule has 0 bridgehead atoms. The Morgan fingerprint density at radius 1 is 1.42 bits per heavy atom. The van der Waals surface area contributed by atoms with Crippen LogP contribution < -0.4 is 16.0 Å². The summed E-state index contributed by atoms with van der Waals surface area (Å²) >= 11 is 2.00. The van der Waals surface area contributed by atoms with Crippen LogP contribution in [0.3, 0.4) is 0 Å². The summed E-state index contributed by atoms with van der Waals surface area (Å²) in [5.74, 6) is 1.18. The standard InChI is InChI=1S/C14H19N3OS/c1-8-9(2)19-4-3-17(8)13-7-12-10(5-11(13)15)6-14(18)16-12/h5,7-9H,3-4,6,15H2,1-2H3,(H,16,18). The Morgan fingerprint density at radius 2 is 2.21 bits per heavy atom. The summed E-state index contributed by atoms with van der Waals surface area (Å²) in [5, 5.41) is 3.50. The van der Waals surface area contributed by atoms with E-state index in [4.69, 9.17) is 5.73 Å². The maximum atomic E-state index is 11.4. The number of nitrogens with two attached hydrogens (primary N) is 1. The molecule has 2 heterocycles. The Labute approximate surface area is 117 Å². The molecule has 1 aromatic carbocycles. The third kappa shape index (κ3) is 2.16. The zero-order valence-electron chi connectivity index (χ0n) is 11.3. The lowest BCUT2D eigenvalue weighted by Gasteiger charge is -2.40. The van der Waals surface area contributed by atoms with Gasteiger partial charge in [0.05, 0.1) is 17.8 Å². The molecule has 0 spiro atoms. The fraction of sp³-hybridized carbons (Fsp3) is 0.500. The van der Waals surface area contributed by atoms with E-state index in [0.29, 0.717) is 17.7 Å². The number of rotatable bonds is 1. The molecule has 0 aliphatic carbocycles. The highest BCUT2D eigenvalue weighted by molar-refractivity contribution is 8.00.